The minimum Gasteiger partial charge on any atom is -0.0996 e. The molecule has 1 aliphatic carbocycles. The Morgan fingerprint density at radius 3 is 2.45 bits per heavy atom. The molecule has 1 fully saturated rings. The number of rotatable bonds is 1. The van der Waals surface area contributed by atoms with Crippen LogP contribution in [0.25, 0.3) is 0 Å². The molecule has 0 spiro atoms. The van der Waals surface area contributed by atoms with Gasteiger partial charge >= 0.3 is 0 Å². The van der Waals surface area contributed by atoms with E-state index < -0.39 is 0 Å². The van der Waals surface area contributed by atoms with Gasteiger partial charge in [-0.1, -0.05) is 32.9 Å². The molecule has 0 nitrogen and oxygen atoms in total. The number of allylic oxidation sites excluding steroid dienone is 1. The highest BCUT2D eigenvalue weighted by atomic mass is 14.3. The van der Waals surface area contributed by atoms with Crippen LogP contribution in [0.15, 0.2) is 12.2 Å². The second-order valence-corrected chi connectivity index (χ2v) is 4.34. The van der Waals surface area contributed by atoms with Gasteiger partial charge in [-0.2, -0.15) is 0 Å². The van der Waals surface area contributed by atoms with Crippen molar-refractivity contribution in [2.24, 2.45) is 17.8 Å². The lowest BCUT2D eigenvalue weighted by Crippen LogP contribution is -2.18. The van der Waals surface area contributed by atoms with Crippen LogP contribution in [-0.4, -0.2) is 0 Å². The zero-order valence-corrected chi connectivity index (χ0v) is 8.06. The molecule has 2 atom stereocenters. The quantitative estimate of drug-likeness (QED) is 0.503. The van der Waals surface area contributed by atoms with Gasteiger partial charge in [0.25, 0.3) is 0 Å². The second kappa shape index (κ2) is 3.42. The van der Waals surface area contributed by atoms with Crippen molar-refractivity contribution in [1.82, 2.24) is 0 Å². The average Bonchev–Trinajstić information content (AvgIpc) is 1.94. The molecule has 11 heavy (non-hydrogen) atoms. The summed E-state index contributed by atoms with van der Waals surface area (Å²) in [6.45, 7) is 11.1. The van der Waals surface area contributed by atoms with E-state index in [9.17, 15) is 0 Å². The smallest absolute Gasteiger partial charge is 0.0234 e. The fourth-order valence-electron chi connectivity index (χ4n) is 1.88. The van der Waals surface area contributed by atoms with Crippen LogP contribution in [-0.2, 0) is 0 Å². The molecule has 2 unspecified atom stereocenters. The molecule has 0 heteroatoms. The third-order valence-corrected chi connectivity index (χ3v) is 3.13. The first-order valence-electron chi connectivity index (χ1n) is 4.79. The van der Waals surface area contributed by atoms with Crippen LogP contribution < -0.4 is 0 Å². The first-order chi connectivity index (χ1) is 5.11. The van der Waals surface area contributed by atoms with Crippen LogP contribution in [0.2, 0.25) is 0 Å². The zero-order chi connectivity index (χ0) is 8.43. The van der Waals surface area contributed by atoms with Crippen molar-refractivity contribution in [2.45, 2.75) is 40.0 Å². The molecule has 64 valence electrons. The van der Waals surface area contributed by atoms with Gasteiger partial charge in [0, 0.05) is 0 Å². The molecule has 0 radical (unpaired) electrons. The highest BCUT2D eigenvalue weighted by Gasteiger charge is 2.22. The minimum atomic E-state index is 0.782. The maximum Gasteiger partial charge on any atom is -0.0234 e. The molecule has 0 aromatic rings. The predicted octanol–water partition coefficient (Wildman–Crippen LogP) is 3.63. The van der Waals surface area contributed by atoms with E-state index >= 15 is 0 Å². The highest BCUT2D eigenvalue weighted by Crippen LogP contribution is 2.35. The minimum absolute atomic E-state index is 0.782. The number of hydrogen-bond donors (Lipinski definition) is 0. The summed E-state index contributed by atoms with van der Waals surface area (Å²) < 4.78 is 0. The SMILES string of the molecule is C=C1CC(C(C)C)CCC1C. The molecule has 0 heterocycles. The zero-order valence-electron chi connectivity index (χ0n) is 8.06. The first kappa shape index (κ1) is 8.83. The second-order valence-electron chi connectivity index (χ2n) is 4.34. The Hall–Kier alpha value is -0.260. The van der Waals surface area contributed by atoms with Crippen molar-refractivity contribution in [3.63, 3.8) is 0 Å². The summed E-state index contributed by atoms with van der Waals surface area (Å²) in [5, 5.41) is 0. The monoisotopic (exact) mass is 152 g/mol. The van der Waals surface area contributed by atoms with Crippen molar-refractivity contribution in [3.05, 3.63) is 12.2 Å². The Labute approximate surface area is 70.7 Å². The molecule has 0 aromatic heterocycles. The van der Waals surface area contributed by atoms with Crippen LogP contribution in [0, 0.1) is 17.8 Å². The molecule has 0 saturated heterocycles. The summed E-state index contributed by atoms with van der Waals surface area (Å²) >= 11 is 0. The van der Waals surface area contributed by atoms with Crippen LogP contribution in [0.1, 0.15) is 40.0 Å². The molecule has 0 aromatic carbocycles. The van der Waals surface area contributed by atoms with Crippen LogP contribution >= 0.6 is 0 Å². The van der Waals surface area contributed by atoms with E-state index in [0.717, 1.165) is 17.8 Å². The van der Waals surface area contributed by atoms with Crippen molar-refractivity contribution < 1.29 is 0 Å². The van der Waals surface area contributed by atoms with Gasteiger partial charge in [-0.15, -0.1) is 0 Å². The van der Waals surface area contributed by atoms with Gasteiger partial charge in [-0.05, 0) is 37.0 Å². The Balaban J connectivity index is 2.46. The van der Waals surface area contributed by atoms with E-state index in [-0.39, 0.29) is 0 Å². The summed E-state index contributed by atoms with van der Waals surface area (Å²) in [5.74, 6) is 2.54. The fraction of sp³-hybridized carbons (Fsp3) is 0.818. The van der Waals surface area contributed by atoms with Crippen molar-refractivity contribution >= 4 is 0 Å². The average molecular weight is 152 g/mol. The maximum atomic E-state index is 4.13. The third kappa shape index (κ3) is 2.08. The predicted molar refractivity (Wildman–Crippen MR) is 50.5 cm³/mol. The van der Waals surface area contributed by atoms with Crippen LogP contribution in [0.5, 0.6) is 0 Å². The summed E-state index contributed by atoms with van der Waals surface area (Å²) in [5.41, 5.74) is 1.48. The maximum absolute atomic E-state index is 4.13. The lowest BCUT2D eigenvalue weighted by molar-refractivity contribution is 0.288. The summed E-state index contributed by atoms with van der Waals surface area (Å²) in [6.07, 6.45) is 4.05. The van der Waals surface area contributed by atoms with Gasteiger partial charge in [0.1, 0.15) is 0 Å². The topological polar surface area (TPSA) is 0 Å². The standard InChI is InChI=1S/C11H20/c1-8(2)11-6-5-9(3)10(4)7-11/h8-9,11H,4-7H2,1-3H3. The van der Waals surface area contributed by atoms with Gasteiger partial charge < -0.3 is 0 Å². The van der Waals surface area contributed by atoms with Gasteiger partial charge in [0.05, 0.1) is 0 Å². The molecule has 1 saturated carbocycles. The normalized spacial score (nSPS) is 32.9. The Morgan fingerprint density at radius 2 is 2.00 bits per heavy atom. The van der Waals surface area contributed by atoms with E-state index in [1.165, 1.54) is 24.8 Å². The molecule has 1 aliphatic rings. The van der Waals surface area contributed by atoms with Gasteiger partial charge in [0.2, 0.25) is 0 Å². The fourth-order valence-corrected chi connectivity index (χ4v) is 1.88. The third-order valence-electron chi connectivity index (χ3n) is 3.13. The van der Waals surface area contributed by atoms with Crippen LogP contribution in [0.4, 0.5) is 0 Å². The molecule has 0 amide bonds. The largest absolute Gasteiger partial charge is 0.0996 e. The van der Waals surface area contributed by atoms with Crippen molar-refractivity contribution in [3.8, 4) is 0 Å². The van der Waals surface area contributed by atoms with E-state index in [2.05, 4.69) is 27.4 Å². The van der Waals surface area contributed by atoms with E-state index in [0.29, 0.717) is 0 Å². The molecule has 0 N–H and O–H groups in total. The summed E-state index contributed by atoms with van der Waals surface area (Å²) in [4.78, 5) is 0. The van der Waals surface area contributed by atoms with E-state index in [4.69, 9.17) is 0 Å². The Bertz CT molecular complexity index is 144. The van der Waals surface area contributed by atoms with Crippen molar-refractivity contribution in [2.75, 3.05) is 0 Å². The van der Waals surface area contributed by atoms with Crippen LogP contribution in [0.3, 0.4) is 0 Å². The molecular formula is C11H20. The summed E-state index contributed by atoms with van der Waals surface area (Å²) in [7, 11) is 0. The van der Waals surface area contributed by atoms with E-state index in [1.54, 1.807) is 0 Å². The number of hydrogen-bond acceptors (Lipinski definition) is 0. The van der Waals surface area contributed by atoms with Gasteiger partial charge in [-0.3, -0.25) is 0 Å². The van der Waals surface area contributed by atoms with Gasteiger partial charge in [0.15, 0.2) is 0 Å². The van der Waals surface area contributed by atoms with E-state index in [1.807, 2.05) is 0 Å². The molecule has 0 aliphatic heterocycles. The molecule has 0 bridgehead atoms. The van der Waals surface area contributed by atoms with Gasteiger partial charge in [-0.25, -0.2) is 0 Å². The lowest BCUT2D eigenvalue weighted by Gasteiger charge is -2.30. The van der Waals surface area contributed by atoms with Crippen molar-refractivity contribution in [1.29, 1.82) is 0 Å². The summed E-state index contributed by atoms with van der Waals surface area (Å²) in [6, 6.07) is 0. The Kier molecular flexibility index (Phi) is 2.75. The first-order valence-corrected chi connectivity index (χ1v) is 4.79. The molecular weight excluding hydrogens is 132 g/mol. The molecule has 1 rings (SSSR count). The Morgan fingerprint density at radius 1 is 1.36 bits per heavy atom. The highest BCUT2D eigenvalue weighted by molar-refractivity contribution is 5.04. The lowest BCUT2D eigenvalue weighted by atomic mass is 9.75.